The molecule has 124 valence electrons. The Hall–Kier alpha value is -1.67. The Bertz CT molecular complexity index is 775. The molecule has 5 atom stereocenters. The third-order valence-corrected chi connectivity index (χ3v) is 6.61. The van der Waals surface area contributed by atoms with Gasteiger partial charge in [0.1, 0.15) is 0 Å². The molecule has 1 saturated carbocycles. The summed E-state index contributed by atoms with van der Waals surface area (Å²) in [4.78, 5) is 7.71. The first-order chi connectivity index (χ1) is 11.8. The van der Waals surface area contributed by atoms with E-state index in [0.717, 1.165) is 24.3 Å². The van der Waals surface area contributed by atoms with Crippen LogP contribution in [-0.2, 0) is 6.54 Å². The van der Waals surface area contributed by atoms with Crippen LogP contribution in [0.15, 0.2) is 47.5 Å². The Morgan fingerprint density at radius 3 is 2.92 bits per heavy atom. The second-order valence-electron chi connectivity index (χ2n) is 7.96. The van der Waals surface area contributed by atoms with Gasteiger partial charge in [0.15, 0.2) is 0 Å². The van der Waals surface area contributed by atoms with Crippen molar-refractivity contribution in [2.45, 2.75) is 44.8 Å². The number of benzene rings is 2. The SMILES string of the molecule is CCCC1C2C=NC3C(C2)CN(Cc2cccc4ccccc24)C13. The summed E-state index contributed by atoms with van der Waals surface area (Å²) in [5.74, 6) is 2.36. The number of rotatable bonds is 4. The van der Waals surface area contributed by atoms with Crippen molar-refractivity contribution in [3.05, 3.63) is 48.0 Å². The van der Waals surface area contributed by atoms with Crippen molar-refractivity contribution in [3.63, 3.8) is 0 Å². The van der Waals surface area contributed by atoms with Gasteiger partial charge in [-0.2, -0.15) is 0 Å². The van der Waals surface area contributed by atoms with E-state index in [4.69, 9.17) is 4.99 Å². The molecule has 0 spiro atoms. The number of hydrogen-bond donors (Lipinski definition) is 0. The lowest BCUT2D eigenvalue weighted by Gasteiger charge is -2.44. The molecule has 0 amide bonds. The van der Waals surface area contributed by atoms with Crippen molar-refractivity contribution in [3.8, 4) is 0 Å². The zero-order chi connectivity index (χ0) is 16.1. The molecule has 2 heteroatoms. The quantitative estimate of drug-likeness (QED) is 0.808. The smallest absolute Gasteiger partial charge is 0.0694 e. The van der Waals surface area contributed by atoms with Crippen molar-refractivity contribution in [2.24, 2.45) is 22.7 Å². The van der Waals surface area contributed by atoms with Crippen LogP contribution < -0.4 is 0 Å². The Morgan fingerprint density at radius 1 is 1.12 bits per heavy atom. The summed E-state index contributed by atoms with van der Waals surface area (Å²) < 4.78 is 0. The topological polar surface area (TPSA) is 15.6 Å². The Kier molecular flexibility index (Phi) is 3.48. The van der Waals surface area contributed by atoms with Gasteiger partial charge in [-0.3, -0.25) is 9.89 Å². The summed E-state index contributed by atoms with van der Waals surface area (Å²) in [6, 6.07) is 16.8. The second-order valence-corrected chi connectivity index (χ2v) is 7.96. The summed E-state index contributed by atoms with van der Waals surface area (Å²) in [6.07, 6.45) is 6.34. The zero-order valence-electron chi connectivity index (χ0n) is 14.4. The largest absolute Gasteiger partial charge is 0.293 e. The van der Waals surface area contributed by atoms with E-state index in [1.165, 1.54) is 42.1 Å². The van der Waals surface area contributed by atoms with Crippen LogP contribution in [0, 0.1) is 17.8 Å². The average molecular weight is 318 g/mol. The van der Waals surface area contributed by atoms with Crippen LogP contribution in [0.2, 0.25) is 0 Å². The van der Waals surface area contributed by atoms with Crippen LogP contribution >= 0.6 is 0 Å². The van der Waals surface area contributed by atoms with E-state index >= 15 is 0 Å². The van der Waals surface area contributed by atoms with Gasteiger partial charge in [-0.25, -0.2) is 0 Å². The Balaban J connectivity index is 1.48. The number of nitrogens with zero attached hydrogens (tertiary/aromatic N) is 2. The normalized spacial score (nSPS) is 34.3. The zero-order valence-corrected chi connectivity index (χ0v) is 14.4. The molecule has 6 rings (SSSR count). The molecule has 0 aromatic heterocycles. The molecule has 24 heavy (non-hydrogen) atoms. The molecule has 1 saturated heterocycles. The van der Waals surface area contributed by atoms with Crippen LogP contribution in [0.25, 0.3) is 10.8 Å². The molecule has 2 nitrogen and oxygen atoms in total. The van der Waals surface area contributed by atoms with E-state index in [2.05, 4.69) is 60.5 Å². The fraction of sp³-hybridized carbons (Fsp3) is 0.500. The lowest BCUT2D eigenvalue weighted by atomic mass is 9.67. The molecule has 2 fully saturated rings. The van der Waals surface area contributed by atoms with Crippen LogP contribution in [0.1, 0.15) is 31.7 Å². The van der Waals surface area contributed by atoms with E-state index in [0.29, 0.717) is 12.1 Å². The van der Waals surface area contributed by atoms with Crippen molar-refractivity contribution in [2.75, 3.05) is 6.54 Å². The minimum atomic E-state index is 0.571. The van der Waals surface area contributed by atoms with Crippen LogP contribution in [0.3, 0.4) is 0 Å². The second kappa shape index (κ2) is 5.70. The highest BCUT2D eigenvalue weighted by atomic mass is 15.2. The number of aliphatic imine (C=N–C) groups is 1. The maximum absolute atomic E-state index is 4.94. The third kappa shape index (κ3) is 2.16. The molecular weight excluding hydrogens is 292 g/mol. The highest BCUT2D eigenvalue weighted by Gasteiger charge is 2.53. The molecule has 5 unspecified atom stereocenters. The summed E-state index contributed by atoms with van der Waals surface area (Å²) in [7, 11) is 0. The molecule has 1 aliphatic carbocycles. The van der Waals surface area contributed by atoms with Crippen molar-refractivity contribution >= 4 is 17.0 Å². The Labute approximate surface area is 144 Å². The lowest BCUT2D eigenvalue weighted by Crippen LogP contribution is -2.50. The van der Waals surface area contributed by atoms with E-state index < -0.39 is 0 Å². The molecule has 4 aliphatic rings. The predicted octanol–water partition coefficient (Wildman–Crippen LogP) is 4.53. The van der Waals surface area contributed by atoms with Crippen LogP contribution in [0.4, 0.5) is 0 Å². The first kappa shape index (κ1) is 14.7. The molecule has 3 aliphatic heterocycles. The standard InChI is InChI=1S/C22H26N2/c1-2-6-20-17-11-18-14-24(22(20)21(18)23-12-17)13-16-9-5-8-15-7-3-4-10-19(15)16/h3-5,7-10,12,17-18,20-22H,2,6,11,13-14H2,1H3. The van der Waals surface area contributed by atoms with Gasteiger partial charge in [-0.05, 0) is 46.9 Å². The molecule has 0 N–H and O–H groups in total. The summed E-state index contributed by atoms with van der Waals surface area (Å²) in [6.45, 7) is 4.66. The van der Waals surface area contributed by atoms with Gasteiger partial charge < -0.3 is 0 Å². The number of fused-ring (bicyclic) bond motifs is 1. The van der Waals surface area contributed by atoms with E-state index in [-0.39, 0.29) is 0 Å². The first-order valence-corrected chi connectivity index (χ1v) is 9.59. The highest BCUT2D eigenvalue weighted by molar-refractivity contribution is 5.85. The lowest BCUT2D eigenvalue weighted by molar-refractivity contribution is 0.121. The van der Waals surface area contributed by atoms with E-state index in [1.54, 1.807) is 0 Å². The molecule has 2 aromatic carbocycles. The molecule has 3 heterocycles. The van der Waals surface area contributed by atoms with E-state index in [1.807, 2.05) is 0 Å². The van der Waals surface area contributed by atoms with Crippen molar-refractivity contribution in [1.29, 1.82) is 0 Å². The maximum Gasteiger partial charge on any atom is 0.0694 e. The minimum Gasteiger partial charge on any atom is -0.293 e. The number of hydrogen-bond acceptors (Lipinski definition) is 2. The van der Waals surface area contributed by atoms with Gasteiger partial charge in [0.2, 0.25) is 0 Å². The molecule has 0 radical (unpaired) electrons. The van der Waals surface area contributed by atoms with Gasteiger partial charge >= 0.3 is 0 Å². The number of likely N-dealkylation sites (tertiary alicyclic amines) is 1. The monoisotopic (exact) mass is 318 g/mol. The van der Waals surface area contributed by atoms with Gasteiger partial charge in [-0.15, -0.1) is 0 Å². The minimum absolute atomic E-state index is 0.571. The maximum atomic E-state index is 4.94. The molecule has 2 aromatic rings. The van der Waals surface area contributed by atoms with Crippen LogP contribution in [0.5, 0.6) is 0 Å². The van der Waals surface area contributed by atoms with E-state index in [9.17, 15) is 0 Å². The summed E-state index contributed by atoms with van der Waals surface area (Å²) in [5.41, 5.74) is 1.48. The fourth-order valence-electron chi connectivity index (χ4n) is 5.67. The van der Waals surface area contributed by atoms with Crippen molar-refractivity contribution in [1.82, 2.24) is 4.90 Å². The van der Waals surface area contributed by atoms with Crippen LogP contribution in [-0.4, -0.2) is 29.7 Å². The average Bonchev–Trinajstić information content (AvgIpc) is 2.91. The summed E-state index contributed by atoms with van der Waals surface area (Å²) in [5, 5.41) is 2.78. The van der Waals surface area contributed by atoms with Gasteiger partial charge in [0.05, 0.1) is 6.04 Å². The third-order valence-electron chi connectivity index (χ3n) is 6.61. The highest BCUT2D eigenvalue weighted by Crippen LogP contribution is 2.48. The fourth-order valence-corrected chi connectivity index (χ4v) is 5.67. The van der Waals surface area contributed by atoms with Gasteiger partial charge in [-0.1, -0.05) is 55.8 Å². The molecule has 4 bridgehead atoms. The van der Waals surface area contributed by atoms with Gasteiger partial charge in [0, 0.05) is 25.3 Å². The summed E-state index contributed by atoms with van der Waals surface area (Å²) >= 11 is 0. The van der Waals surface area contributed by atoms with Crippen molar-refractivity contribution < 1.29 is 0 Å². The van der Waals surface area contributed by atoms with Gasteiger partial charge in [0.25, 0.3) is 0 Å². The molecular formula is C22H26N2. The Morgan fingerprint density at radius 2 is 2.00 bits per heavy atom. The predicted molar refractivity (Wildman–Crippen MR) is 100 cm³/mol. The first-order valence-electron chi connectivity index (χ1n) is 9.59.